The molecule has 1 aliphatic heterocycles. The van der Waals surface area contributed by atoms with Crippen LogP contribution in [0.5, 0.6) is 0 Å². The zero-order valence-corrected chi connectivity index (χ0v) is 13.3. The number of rotatable bonds is 4. The van der Waals surface area contributed by atoms with Crippen molar-refractivity contribution in [3.05, 3.63) is 0 Å². The average molecular weight is 291 g/mol. The van der Waals surface area contributed by atoms with Crippen molar-refractivity contribution in [3.8, 4) is 0 Å². The summed E-state index contributed by atoms with van der Waals surface area (Å²) < 4.78 is 5.69. The van der Waals surface area contributed by atoms with E-state index in [0.717, 1.165) is 43.6 Å². The van der Waals surface area contributed by atoms with Crippen molar-refractivity contribution in [2.24, 2.45) is 23.2 Å². The van der Waals surface area contributed by atoms with Gasteiger partial charge in [-0.3, -0.25) is 4.79 Å². The molecule has 3 heteroatoms. The number of carbonyl (C=O) groups excluding carboxylic acids is 1. The van der Waals surface area contributed by atoms with E-state index in [1.54, 1.807) is 0 Å². The van der Waals surface area contributed by atoms with Gasteiger partial charge in [0, 0.05) is 13.0 Å². The molecule has 118 valence electrons. The second kappa shape index (κ2) is 5.26. The molecule has 1 saturated heterocycles. The Morgan fingerprint density at radius 2 is 1.81 bits per heavy atom. The molecule has 4 aliphatic carbocycles. The van der Waals surface area contributed by atoms with E-state index in [9.17, 15) is 4.79 Å². The van der Waals surface area contributed by atoms with Gasteiger partial charge in [-0.2, -0.15) is 0 Å². The minimum atomic E-state index is 0.175. The van der Waals surface area contributed by atoms with Crippen LogP contribution in [0.3, 0.4) is 0 Å². The highest BCUT2D eigenvalue weighted by Gasteiger charge is 2.51. The molecular weight excluding hydrogens is 262 g/mol. The van der Waals surface area contributed by atoms with Gasteiger partial charge in [-0.25, -0.2) is 0 Å². The molecule has 5 rings (SSSR count). The number of hydrogen-bond acceptors (Lipinski definition) is 2. The zero-order valence-electron chi connectivity index (χ0n) is 13.3. The molecule has 3 nitrogen and oxygen atoms in total. The molecule has 4 bridgehead atoms. The van der Waals surface area contributed by atoms with Gasteiger partial charge in [-0.05, 0) is 81.5 Å². The molecule has 0 spiro atoms. The van der Waals surface area contributed by atoms with Crippen LogP contribution in [-0.2, 0) is 9.53 Å². The molecule has 5 fully saturated rings. The Bertz CT molecular complexity index is 378. The summed E-state index contributed by atoms with van der Waals surface area (Å²) in [5.41, 5.74) is 0.356. The highest BCUT2D eigenvalue weighted by Crippen LogP contribution is 2.61. The fraction of sp³-hybridized carbons (Fsp3) is 0.944. The Labute approximate surface area is 128 Å². The first-order valence-corrected chi connectivity index (χ1v) is 9.03. The van der Waals surface area contributed by atoms with Gasteiger partial charge in [0.2, 0.25) is 5.91 Å². The van der Waals surface area contributed by atoms with Crippen molar-refractivity contribution in [1.82, 2.24) is 5.32 Å². The van der Waals surface area contributed by atoms with Crippen LogP contribution in [0.1, 0.15) is 64.7 Å². The van der Waals surface area contributed by atoms with Crippen molar-refractivity contribution >= 4 is 5.91 Å². The topological polar surface area (TPSA) is 38.3 Å². The zero-order chi connectivity index (χ0) is 14.4. The van der Waals surface area contributed by atoms with Crippen molar-refractivity contribution in [2.75, 3.05) is 6.61 Å². The van der Waals surface area contributed by atoms with Crippen LogP contribution in [0.15, 0.2) is 0 Å². The SMILES string of the molecule is C[C@@H](NC(=O)CC12CC3CC(CC(C3)C1)C2)[C@H]1CCCO1. The Balaban J connectivity index is 1.36. The standard InChI is InChI=1S/C18H29NO2/c1-12(16-3-2-4-21-16)19-17(20)11-18-8-13-5-14(9-18)7-15(6-13)10-18/h12-16H,2-11H2,1H3,(H,19,20)/t12-,13?,14?,15?,16-,18?/m1/s1. The number of amides is 1. The summed E-state index contributed by atoms with van der Waals surface area (Å²) in [4.78, 5) is 12.5. The van der Waals surface area contributed by atoms with Crippen LogP contribution >= 0.6 is 0 Å². The van der Waals surface area contributed by atoms with Gasteiger partial charge in [-0.1, -0.05) is 0 Å². The number of ether oxygens (including phenoxy) is 1. The Morgan fingerprint density at radius 3 is 2.33 bits per heavy atom. The van der Waals surface area contributed by atoms with Gasteiger partial charge in [-0.15, -0.1) is 0 Å². The monoisotopic (exact) mass is 291 g/mol. The molecule has 0 radical (unpaired) electrons. The van der Waals surface area contributed by atoms with E-state index in [2.05, 4.69) is 12.2 Å². The lowest BCUT2D eigenvalue weighted by Gasteiger charge is -2.56. The minimum absolute atomic E-state index is 0.175. The van der Waals surface area contributed by atoms with Crippen molar-refractivity contribution in [2.45, 2.75) is 76.9 Å². The van der Waals surface area contributed by atoms with Crippen LogP contribution in [0, 0.1) is 23.2 Å². The molecule has 0 unspecified atom stereocenters. The van der Waals surface area contributed by atoms with Crippen LogP contribution < -0.4 is 5.32 Å². The van der Waals surface area contributed by atoms with Gasteiger partial charge in [0.1, 0.15) is 0 Å². The van der Waals surface area contributed by atoms with Crippen LogP contribution in [0.4, 0.5) is 0 Å². The van der Waals surface area contributed by atoms with Crippen LogP contribution in [0.2, 0.25) is 0 Å². The maximum absolute atomic E-state index is 12.5. The molecule has 4 saturated carbocycles. The first-order valence-electron chi connectivity index (χ1n) is 9.03. The van der Waals surface area contributed by atoms with E-state index < -0.39 is 0 Å². The smallest absolute Gasteiger partial charge is 0.220 e. The van der Waals surface area contributed by atoms with E-state index in [1.807, 2.05) is 0 Å². The summed E-state index contributed by atoms with van der Waals surface area (Å²) in [7, 11) is 0. The molecule has 0 aromatic carbocycles. The number of carbonyl (C=O) groups is 1. The number of nitrogens with one attached hydrogen (secondary N) is 1. The summed E-state index contributed by atoms with van der Waals surface area (Å²) in [6, 6.07) is 0.175. The number of hydrogen-bond donors (Lipinski definition) is 1. The highest BCUT2D eigenvalue weighted by atomic mass is 16.5. The molecule has 1 heterocycles. The molecule has 1 N–H and O–H groups in total. The molecule has 5 aliphatic rings. The van der Waals surface area contributed by atoms with E-state index in [4.69, 9.17) is 4.74 Å². The second-order valence-corrected chi connectivity index (χ2v) is 8.50. The Hall–Kier alpha value is -0.570. The molecule has 2 atom stereocenters. The lowest BCUT2D eigenvalue weighted by molar-refractivity contribution is -0.130. The molecule has 0 aromatic rings. The molecular formula is C18H29NO2. The lowest BCUT2D eigenvalue weighted by atomic mass is 9.49. The average Bonchev–Trinajstić information content (AvgIpc) is 2.89. The second-order valence-electron chi connectivity index (χ2n) is 8.50. The van der Waals surface area contributed by atoms with E-state index >= 15 is 0 Å². The Morgan fingerprint density at radius 1 is 1.19 bits per heavy atom. The third-order valence-electron chi connectivity index (χ3n) is 6.61. The van der Waals surface area contributed by atoms with E-state index in [0.29, 0.717) is 5.41 Å². The largest absolute Gasteiger partial charge is 0.376 e. The van der Waals surface area contributed by atoms with Crippen LogP contribution in [-0.4, -0.2) is 24.7 Å². The molecule has 21 heavy (non-hydrogen) atoms. The normalized spacial score (nSPS) is 45.8. The van der Waals surface area contributed by atoms with Gasteiger partial charge in [0.15, 0.2) is 0 Å². The predicted molar refractivity (Wildman–Crippen MR) is 81.8 cm³/mol. The first kappa shape index (κ1) is 14.0. The summed E-state index contributed by atoms with van der Waals surface area (Å²) in [5.74, 6) is 3.07. The minimum Gasteiger partial charge on any atom is -0.376 e. The highest BCUT2D eigenvalue weighted by molar-refractivity contribution is 5.77. The fourth-order valence-corrected chi connectivity index (χ4v) is 6.24. The quantitative estimate of drug-likeness (QED) is 0.863. The maximum Gasteiger partial charge on any atom is 0.220 e. The van der Waals surface area contributed by atoms with Gasteiger partial charge in [0.05, 0.1) is 12.1 Å². The summed E-state index contributed by atoms with van der Waals surface area (Å²) in [6.45, 7) is 2.97. The summed E-state index contributed by atoms with van der Waals surface area (Å²) in [6.07, 6.45) is 11.6. The van der Waals surface area contributed by atoms with E-state index in [1.165, 1.54) is 38.5 Å². The fourth-order valence-electron chi connectivity index (χ4n) is 6.24. The first-order chi connectivity index (χ1) is 10.1. The summed E-state index contributed by atoms with van der Waals surface area (Å²) in [5, 5.41) is 3.23. The molecule has 0 aromatic heterocycles. The Kier molecular flexibility index (Phi) is 3.52. The van der Waals surface area contributed by atoms with Gasteiger partial charge < -0.3 is 10.1 Å². The maximum atomic E-state index is 12.5. The van der Waals surface area contributed by atoms with Crippen LogP contribution in [0.25, 0.3) is 0 Å². The summed E-state index contributed by atoms with van der Waals surface area (Å²) >= 11 is 0. The van der Waals surface area contributed by atoms with E-state index in [-0.39, 0.29) is 18.1 Å². The predicted octanol–water partition coefficient (Wildman–Crippen LogP) is 3.28. The molecule has 1 amide bonds. The van der Waals surface area contributed by atoms with Crippen molar-refractivity contribution < 1.29 is 9.53 Å². The third kappa shape index (κ3) is 2.74. The van der Waals surface area contributed by atoms with Gasteiger partial charge >= 0.3 is 0 Å². The lowest BCUT2D eigenvalue weighted by Crippen LogP contribution is -2.49. The third-order valence-corrected chi connectivity index (χ3v) is 6.61. The van der Waals surface area contributed by atoms with Crippen molar-refractivity contribution in [3.63, 3.8) is 0 Å². The van der Waals surface area contributed by atoms with Gasteiger partial charge in [0.25, 0.3) is 0 Å². The van der Waals surface area contributed by atoms with Crippen molar-refractivity contribution in [1.29, 1.82) is 0 Å².